The minimum atomic E-state index is -5.43. The van der Waals surface area contributed by atoms with E-state index < -0.39 is 15.5 Å². The van der Waals surface area contributed by atoms with Crippen LogP contribution in [0, 0.1) is 5.92 Å². The summed E-state index contributed by atoms with van der Waals surface area (Å²) in [7, 11) is -5.43. The number of piperidine rings is 1. The van der Waals surface area contributed by atoms with Crippen LogP contribution in [0.5, 0.6) is 5.88 Å². The van der Waals surface area contributed by atoms with Crippen molar-refractivity contribution in [2.45, 2.75) is 101 Å². The van der Waals surface area contributed by atoms with E-state index in [-0.39, 0.29) is 56.5 Å². The van der Waals surface area contributed by atoms with Gasteiger partial charge in [-0.1, -0.05) is 66.4 Å². The van der Waals surface area contributed by atoms with Crippen molar-refractivity contribution in [1.82, 2.24) is 14.6 Å². The molecular formula is C49H63Cl2F3N4O8S. The molecule has 0 spiro atoms. The Morgan fingerprint density at radius 2 is 1.49 bits per heavy atom. The van der Waals surface area contributed by atoms with Gasteiger partial charge in [0.25, 0.3) is 0 Å². The van der Waals surface area contributed by atoms with Crippen LogP contribution in [0.4, 0.5) is 18.9 Å². The summed E-state index contributed by atoms with van der Waals surface area (Å²) >= 11 is 12.5. The fraction of sp³-hybridized carbons (Fsp3) is 0.551. The molecule has 3 aromatic carbocycles. The molecule has 1 aromatic heterocycles. The second kappa shape index (κ2) is 26.3. The molecule has 18 heteroatoms. The van der Waals surface area contributed by atoms with Crippen LogP contribution in [-0.2, 0) is 29.0 Å². The van der Waals surface area contributed by atoms with E-state index in [1.807, 2.05) is 66.7 Å². The predicted molar refractivity (Wildman–Crippen MR) is 255 cm³/mol. The van der Waals surface area contributed by atoms with Gasteiger partial charge in [-0.15, -0.1) is 0 Å². The molecule has 0 unspecified atom stereocenters. The minimum absolute atomic E-state index is 0.00147. The van der Waals surface area contributed by atoms with Crippen LogP contribution >= 0.6 is 23.2 Å². The number of fused-ring (bicyclic) bond motifs is 1. The van der Waals surface area contributed by atoms with E-state index in [4.69, 9.17) is 52.2 Å². The quantitative estimate of drug-likeness (QED) is 0.0410. The predicted octanol–water partition coefficient (Wildman–Crippen LogP) is 9.88. The lowest BCUT2D eigenvalue weighted by Crippen LogP contribution is -2.47. The van der Waals surface area contributed by atoms with Crippen LogP contribution in [0.3, 0.4) is 0 Å². The number of pyridine rings is 1. The number of aliphatic hydroxyl groups excluding tert-OH is 1. The van der Waals surface area contributed by atoms with E-state index in [9.17, 15) is 26.4 Å². The molecule has 4 aromatic rings. The van der Waals surface area contributed by atoms with Crippen LogP contribution < -0.4 is 15.4 Å². The maximum Gasteiger partial charge on any atom is 0.511 e. The highest BCUT2D eigenvalue weighted by atomic mass is 35.5. The maximum absolute atomic E-state index is 13.3. The zero-order valence-electron chi connectivity index (χ0n) is 37.8. The number of aromatic nitrogens is 1. The Hall–Kier alpha value is -3.74. The van der Waals surface area contributed by atoms with Gasteiger partial charge in [0.05, 0.1) is 44.7 Å². The number of alkyl halides is 3. The summed E-state index contributed by atoms with van der Waals surface area (Å²) < 4.78 is 88.1. The smallest absolute Gasteiger partial charge is 0.478 e. The topological polar surface area (TPSA) is 149 Å². The lowest BCUT2D eigenvalue weighted by atomic mass is 9.84. The van der Waals surface area contributed by atoms with E-state index in [2.05, 4.69) is 10.6 Å². The van der Waals surface area contributed by atoms with Crippen LogP contribution in [0.2, 0.25) is 10.0 Å². The first-order chi connectivity index (χ1) is 32.3. The standard InChI is InChI=1S/C49H63Cl2F3N4O8S/c50-39-14-9-36(10-15-39)48(37-11-16-40(51)17-12-37)38-13-18-44-43(33-38)45(56-41-19-23-58(24-20-41)67(61,62)49(52,53)54)34-47(57-44)66-27-3-1-2-8-46(60)55-22-5-26-63-28-21-35-6-4-7-42(32-35)65-31-30-64-29-25-59/h9-18,33-35,41-42,48,59H,1-8,19-32H2,(H,55,60)(H,56,57)/t35-,42-/m1/s1. The van der Waals surface area contributed by atoms with E-state index >= 15 is 0 Å². The van der Waals surface area contributed by atoms with Crippen molar-refractivity contribution in [3.05, 3.63) is 99.5 Å². The van der Waals surface area contributed by atoms with Crippen molar-refractivity contribution in [3.63, 3.8) is 0 Å². The van der Waals surface area contributed by atoms with Crippen LogP contribution in [0.1, 0.15) is 99.7 Å². The van der Waals surface area contributed by atoms with Crippen molar-refractivity contribution < 1.29 is 50.4 Å². The van der Waals surface area contributed by atoms with Gasteiger partial charge in [-0.3, -0.25) is 4.79 Å². The van der Waals surface area contributed by atoms with Gasteiger partial charge in [-0.05, 0) is 117 Å². The van der Waals surface area contributed by atoms with Gasteiger partial charge in [0, 0.05) is 78.4 Å². The summed E-state index contributed by atoms with van der Waals surface area (Å²) in [5, 5.41) is 17.3. The van der Waals surface area contributed by atoms with Crippen molar-refractivity contribution in [1.29, 1.82) is 0 Å². The number of hydrogen-bond donors (Lipinski definition) is 3. The first kappa shape index (κ1) is 52.6. The minimum Gasteiger partial charge on any atom is -0.478 e. The Morgan fingerprint density at radius 1 is 0.806 bits per heavy atom. The number of rotatable bonds is 26. The summed E-state index contributed by atoms with van der Waals surface area (Å²) in [6.07, 6.45) is 9.31. The molecule has 1 aliphatic carbocycles. The summed E-state index contributed by atoms with van der Waals surface area (Å²) in [5.41, 5.74) is -1.13. The lowest BCUT2D eigenvalue weighted by Gasteiger charge is -2.32. The Kier molecular flexibility index (Phi) is 20.7. The van der Waals surface area contributed by atoms with E-state index in [1.54, 1.807) is 6.07 Å². The molecule has 1 saturated carbocycles. The number of nitrogens with zero attached hydrogens (tertiary/aromatic N) is 2. The Bertz CT molecular complexity index is 2210. The molecule has 2 heterocycles. The summed E-state index contributed by atoms with van der Waals surface area (Å²) in [5.74, 6) is 0.738. The second-order valence-corrected chi connectivity index (χ2v) is 20.0. The Labute approximate surface area is 402 Å². The fourth-order valence-electron chi connectivity index (χ4n) is 8.77. The van der Waals surface area contributed by atoms with Crippen LogP contribution in [0.25, 0.3) is 10.9 Å². The molecule has 0 bridgehead atoms. The first-order valence-electron chi connectivity index (χ1n) is 23.4. The average Bonchev–Trinajstić information content (AvgIpc) is 3.31. The van der Waals surface area contributed by atoms with Gasteiger partial charge in [0.1, 0.15) is 0 Å². The number of amides is 1. The molecular weight excluding hydrogens is 933 g/mol. The molecule has 2 atom stereocenters. The molecule has 1 aliphatic heterocycles. The largest absolute Gasteiger partial charge is 0.511 e. The molecule has 2 aliphatic rings. The highest BCUT2D eigenvalue weighted by Crippen LogP contribution is 2.38. The van der Waals surface area contributed by atoms with E-state index in [1.165, 1.54) is 6.42 Å². The maximum atomic E-state index is 13.3. The lowest BCUT2D eigenvalue weighted by molar-refractivity contribution is -0.121. The molecule has 1 saturated heterocycles. The van der Waals surface area contributed by atoms with Gasteiger partial charge < -0.3 is 34.7 Å². The number of aliphatic hydroxyl groups is 1. The number of carbonyl (C=O) groups is 1. The van der Waals surface area contributed by atoms with Crippen LogP contribution in [-0.4, -0.2) is 112 Å². The number of anilines is 1. The molecule has 2 fully saturated rings. The van der Waals surface area contributed by atoms with Crippen molar-refractivity contribution >= 4 is 55.7 Å². The number of sulfonamides is 1. The zero-order chi connectivity index (χ0) is 47.7. The molecule has 0 radical (unpaired) electrons. The van der Waals surface area contributed by atoms with Gasteiger partial charge in [0.15, 0.2) is 0 Å². The second-order valence-electron chi connectivity index (χ2n) is 17.2. The SMILES string of the molecule is O=C(CCCCCOc1cc(NC2CCN(S(=O)(=O)C(F)(F)F)CC2)c2cc(C(c3ccc(Cl)cc3)c3ccc(Cl)cc3)ccc2n1)NCCCOCC[C@H]1CCC[C@@H](OCCOCCO)C1. The third-order valence-electron chi connectivity index (χ3n) is 12.3. The van der Waals surface area contributed by atoms with Gasteiger partial charge in [0.2, 0.25) is 11.8 Å². The first-order valence-corrected chi connectivity index (χ1v) is 25.6. The van der Waals surface area contributed by atoms with Gasteiger partial charge in [-0.2, -0.15) is 17.5 Å². The summed E-state index contributed by atoms with van der Waals surface area (Å²) in [4.78, 5) is 17.3. The van der Waals surface area contributed by atoms with Crippen LogP contribution in [0.15, 0.2) is 72.8 Å². The average molecular weight is 996 g/mol. The summed E-state index contributed by atoms with van der Waals surface area (Å²) in [6.45, 7) is 3.05. The molecule has 12 nitrogen and oxygen atoms in total. The van der Waals surface area contributed by atoms with Gasteiger partial charge in [-0.25, -0.2) is 13.4 Å². The fourth-order valence-corrected chi connectivity index (χ4v) is 10.0. The Morgan fingerprint density at radius 3 is 2.18 bits per heavy atom. The monoisotopic (exact) mass is 994 g/mol. The Balaban J connectivity index is 0.984. The third-order valence-corrected chi connectivity index (χ3v) is 14.4. The van der Waals surface area contributed by atoms with Gasteiger partial charge >= 0.3 is 15.5 Å². The zero-order valence-corrected chi connectivity index (χ0v) is 40.1. The number of ether oxygens (including phenoxy) is 4. The highest BCUT2D eigenvalue weighted by molar-refractivity contribution is 7.90. The van der Waals surface area contributed by atoms with Crippen molar-refractivity contribution in [2.24, 2.45) is 5.92 Å². The highest BCUT2D eigenvalue weighted by Gasteiger charge is 2.50. The molecule has 3 N–H and O–H groups in total. The molecule has 1 amide bonds. The summed E-state index contributed by atoms with van der Waals surface area (Å²) in [6, 6.07) is 22.7. The number of carbonyl (C=O) groups excluding carboxylic acids is 1. The van der Waals surface area contributed by atoms with E-state index in [0.717, 1.165) is 60.6 Å². The van der Waals surface area contributed by atoms with Crippen molar-refractivity contribution in [2.75, 3.05) is 71.2 Å². The van der Waals surface area contributed by atoms with Crippen molar-refractivity contribution in [3.8, 4) is 5.88 Å². The van der Waals surface area contributed by atoms with E-state index in [0.29, 0.717) is 103 Å². The number of benzene rings is 3. The normalized spacial score (nSPS) is 17.5. The molecule has 368 valence electrons. The molecule has 6 rings (SSSR count). The number of unbranched alkanes of at least 4 members (excludes halogenated alkanes) is 2. The third kappa shape index (κ3) is 16.2. The number of nitrogens with one attached hydrogen (secondary N) is 2. The number of hydrogen-bond acceptors (Lipinski definition) is 10. The number of halogens is 5. The molecule has 67 heavy (non-hydrogen) atoms.